The summed E-state index contributed by atoms with van der Waals surface area (Å²) in [6.45, 7) is 0. The number of anilines is 1. The third-order valence-electron chi connectivity index (χ3n) is 3.08. The number of carbonyl (C=O) groups excluding carboxylic acids is 1. The van der Waals surface area contributed by atoms with Crippen molar-refractivity contribution in [1.82, 2.24) is 5.32 Å². The van der Waals surface area contributed by atoms with Gasteiger partial charge in [0.15, 0.2) is 5.11 Å². The molecule has 0 aromatic heterocycles. The number of hydrogen-bond donors (Lipinski definition) is 2. The fraction of sp³-hybridized carbons (Fsp3) is 0. The fourth-order valence-corrected chi connectivity index (χ4v) is 2.11. The normalized spacial score (nSPS) is 10.3. The van der Waals surface area contributed by atoms with Crippen LogP contribution in [0.15, 0.2) is 54.6 Å². The minimum Gasteiger partial charge on any atom is -0.332 e. The van der Waals surface area contributed by atoms with Gasteiger partial charge >= 0.3 is 0 Å². The zero-order valence-corrected chi connectivity index (χ0v) is 13.9. The Morgan fingerprint density at radius 2 is 1.65 bits per heavy atom. The number of non-ortho nitro benzene ring substituents is 2. The van der Waals surface area contributed by atoms with Gasteiger partial charge in [-0.3, -0.25) is 30.3 Å². The van der Waals surface area contributed by atoms with E-state index >= 15 is 0 Å². The number of nitrogens with zero attached hydrogens (tertiary/aromatic N) is 2. The van der Waals surface area contributed by atoms with Crippen molar-refractivity contribution in [2.24, 2.45) is 0 Å². The molecule has 0 saturated carbocycles. The summed E-state index contributed by atoms with van der Waals surface area (Å²) < 4.78 is 0. The highest BCUT2D eigenvalue weighted by Crippen LogP contribution is 2.15. The zero-order chi connectivity index (χ0) is 19.1. The molecular weight excluding hydrogens is 360 g/mol. The van der Waals surface area contributed by atoms with E-state index in [1.54, 1.807) is 6.07 Å². The van der Waals surface area contributed by atoms with Crippen LogP contribution in [-0.2, 0) is 4.79 Å². The number of rotatable bonds is 5. The van der Waals surface area contributed by atoms with Gasteiger partial charge < -0.3 is 5.32 Å². The van der Waals surface area contributed by atoms with Gasteiger partial charge in [0, 0.05) is 36.0 Å². The summed E-state index contributed by atoms with van der Waals surface area (Å²) >= 11 is 4.98. The van der Waals surface area contributed by atoms with Crippen molar-refractivity contribution in [3.63, 3.8) is 0 Å². The van der Waals surface area contributed by atoms with E-state index in [-0.39, 0.29) is 16.5 Å². The first kappa shape index (κ1) is 18.7. The Morgan fingerprint density at radius 3 is 2.27 bits per heavy atom. The van der Waals surface area contributed by atoms with Gasteiger partial charge in [0.1, 0.15) is 0 Å². The van der Waals surface area contributed by atoms with Crippen molar-refractivity contribution < 1.29 is 14.6 Å². The first-order chi connectivity index (χ1) is 12.3. The summed E-state index contributed by atoms with van der Waals surface area (Å²) in [6.07, 6.45) is 2.60. The molecule has 0 radical (unpaired) electrons. The predicted molar refractivity (Wildman–Crippen MR) is 99.6 cm³/mol. The lowest BCUT2D eigenvalue weighted by atomic mass is 10.2. The number of nitro benzene ring substituents is 2. The molecule has 0 saturated heterocycles. The lowest BCUT2D eigenvalue weighted by molar-refractivity contribution is -0.385. The van der Waals surface area contributed by atoms with E-state index in [9.17, 15) is 25.0 Å². The Bertz CT molecular complexity index is 896. The lowest BCUT2D eigenvalue weighted by Crippen LogP contribution is -2.32. The number of nitrogens with one attached hydrogen (secondary N) is 2. The summed E-state index contributed by atoms with van der Waals surface area (Å²) in [5, 5.41) is 26.4. The lowest BCUT2D eigenvalue weighted by Gasteiger charge is -2.07. The van der Waals surface area contributed by atoms with E-state index in [0.29, 0.717) is 11.3 Å². The second-order valence-corrected chi connectivity index (χ2v) is 5.34. The van der Waals surface area contributed by atoms with Gasteiger partial charge in [0.2, 0.25) is 5.91 Å². The Hall–Kier alpha value is -3.66. The van der Waals surface area contributed by atoms with Gasteiger partial charge in [-0.05, 0) is 36.0 Å². The first-order valence-corrected chi connectivity index (χ1v) is 7.55. The van der Waals surface area contributed by atoms with Gasteiger partial charge in [-0.25, -0.2) is 0 Å². The summed E-state index contributed by atoms with van der Waals surface area (Å²) in [5.41, 5.74) is 0.820. The van der Waals surface area contributed by atoms with Crippen molar-refractivity contribution >= 4 is 46.4 Å². The summed E-state index contributed by atoms with van der Waals surface area (Å²) in [6, 6.07) is 11.3. The maximum atomic E-state index is 11.8. The van der Waals surface area contributed by atoms with E-state index in [2.05, 4.69) is 10.6 Å². The maximum absolute atomic E-state index is 11.8. The van der Waals surface area contributed by atoms with E-state index < -0.39 is 15.8 Å². The number of benzene rings is 2. The van der Waals surface area contributed by atoms with Crippen molar-refractivity contribution in [1.29, 1.82) is 0 Å². The molecule has 2 rings (SSSR count). The van der Waals surface area contributed by atoms with Crippen molar-refractivity contribution in [3.05, 3.63) is 80.4 Å². The molecule has 132 valence electrons. The highest BCUT2D eigenvalue weighted by atomic mass is 32.1. The molecule has 0 bridgehead atoms. The zero-order valence-electron chi connectivity index (χ0n) is 13.1. The number of hydrogen-bond acceptors (Lipinski definition) is 6. The second kappa shape index (κ2) is 8.44. The summed E-state index contributed by atoms with van der Waals surface area (Å²) in [4.78, 5) is 32.1. The molecule has 10 heteroatoms. The van der Waals surface area contributed by atoms with Crippen molar-refractivity contribution in [3.8, 4) is 0 Å². The highest BCUT2D eigenvalue weighted by Gasteiger charge is 2.07. The van der Waals surface area contributed by atoms with E-state index in [1.165, 1.54) is 54.6 Å². The molecular formula is C16H12N4O5S. The largest absolute Gasteiger partial charge is 0.332 e. The second-order valence-electron chi connectivity index (χ2n) is 4.93. The molecule has 2 N–H and O–H groups in total. The molecule has 0 heterocycles. The Balaban J connectivity index is 1.92. The van der Waals surface area contributed by atoms with Crippen LogP contribution in [0.4, 0.5) is 17.1 Å². The molecule has 26 heavy (non-hydrogen) atoms. The molecule has 9 nitrogen and oxygen atoms in total. The topological polar surface area (TPSA) is 127 Å². The summed E-state index contributed by atoms with van der Waals surface area (Å²) in [7, 11) is 0. The average molecular weight is 372 g/mol. The van der Waals surface area contributed by atoms with Crippen molar-refractivity contribution in [2.45, 2.75) is 0 Å². The van der Waals surface area contributed by atoms with Crippen LogP contribution < -0.4 is 10.6 Å². The van der Waals surface area contributed by atoms with E-state index in [4.69, 9.17) is 12.2 Å². The first-order valence-electron chi connectivity index (χ1n) is 7.14. The minimum atomic E-state index is -0.532. The van der Waals surface area contributed by atoms with Crippen LogP contribution >= 0.6 is 12.2 Å². The van der Waals surface area contributed by atoms with Gasteiger partial charge in [-0.15, -0.1) is 0 Å². The fourth-order valence-electron chi connectivity index (χ4n) is 1.90. The molecule has 2 aromatic rings. The monoisotopic (exact) mass is 372 g/mol. The molecule has 0 fully saturated rings. The smallest absolute Gasteiger partial charge is 0.270 e. The molecule has 0 aliphatic carbocycles. The average Bonchev–Trinajstić information content (AvgIpc) is 2.60. The molecule has 0 atom stereocenters. The third-order valence-corrected chi connectivity index (χ3v) is 3.29. The quantitative estimate of drug-likeness (QED) is 0.357. The van der Waals surface area contributed by atoms with Crippen LogP contribution in [0.2, 0.25) is 0 Å². The van der Waals surface area contributed by atoms with Crippen LogP contribution in [0.5, 0.6) is 0 Å². The Kier molecular flexibility index (Phi) is 6.06. The van der Waals surface area contributed by atoms with E-state index in [0.717, 1.165) is 0 Å². The number of amides is 1. The van der Waals surface area contributed by atoms with Gasteiger partial charge in [0.25, 0.3) is 11.4 Å². The molecule has 0 aliphatic rings. The van der Waals surface area contributed by atoms with Crippen LogP contribution in [-0.4, -0.2) is 20.9 Å². The number of nitro groups is 2. The van der Waals surface area contributed by atoms with Gasteiger partial charge in [-0.1, -0.05) is 12.1 Å². The molecule has 0 unspecified atom stereocenters. The number of thiocarbonyl (C=S) groups is 1. The number of carbonyl (C=O) groups is 1. The predicted octanol–water partition coefficient (Wildman–Crippen LogP) is 3.03. The molecule has 0 spiro atoms. The Labute approximate surface area is 152 Å². The third kappa shape index (κ3) is 5.46. The Morgan fingerprint density at radius 1 is 1.00 bits per heavy atom. The molecule has 0 aliphatic heterocycles. The summed E-state index contributed by atoms with van der Waals surface area (Å²) in [5.74, 6) is -0.532. The minimum absolute atomic E-state index is 0.00699. The van der Waals surface area contributed by atoms with E-state index in [1.807, 2.05) is 0 Å². The van der Waals surface area contributed by atoms with Crippen LogP contribution in [0.1, 0.15) is 5.56 Å². The van der Waals surface area contributed by atoms with Gasteiger partial charge in [-0.2, -0.15) is 0 Å². The van der Waals surface area contributed by atoms with Crippen LogP contribution in [0, 0.1) is 20.2 Å². The maximum Gasteiger partial charge on any atom is 0.270 e. The SMILES string of the molecule is O=C(/C=C/c1cccc([N+](=O)[O-])c1)NC(=S)Nc1ccc([N+](=O)[O-])cc1. The standard InChI is InChI=1S/C16H12N4O5S/c21-15(9-4-11-2-1-3-14(10-11)20(24)25)18-16(26)17-12-5-7-13(8-6-12)19(22)23/h1-10H,(H2,17,18,21,26)/b9-4+. The molecule has 2 aromatic carbocycles. The molecule has 1 amide bonds. The van der Waals surface area contributed by atoms with Crippen molar-refractivity contribution in [2.75, 3.05) is 5.32 Å². The highest BCUT2D eigenvalue weighted by molar-refractivity contribution is 7.80. The van der Waals surface area contributed by atoms with Crippen LogP contribution in [0.25, 0.3) is 6.08 Å². The van der Waals surface area contributed by atoms with Crippen LogP contribution in [0.3, 0.4) is 0 Å². The van der Waals surface area contributed by atoms with Gasteiger partial charge in [0.05, 0.1) is 9.85 Å².